The van der Waals surface area contributed by atoms with Gasteiger partial charge in [0.25, 0.3) is 5.91 Å². The highest BCUT2D eigenvalue weighted by Crippen LogP contribution is 2.27. The molecule has 134 valence electrons. The molecule has 6 nitrogen and oxygen atoms in total. The van der Waals surface area contributed by atoms with E-state index in [1.54, 1.807) is 6.20 Å². The lowest BCUT2D eigenvalue weighted by atomic mass is 10.1. The van der Waals surface area contributed by atoms with Crippen LogP contribution in [0.25, 0.3) is 10.9 Å². The number of thiazole rings is 1. The summed E-state index contributed by atoms with van der Waals surface area (Å²) in [6, 6.07) is 9.90. The molecule has 1 aromatic carbocycles. The van der Waals surface area contributed by atoms with Gasteiger partial charge in [-0.1, -0.05) is 12.1 Å². The molecule has 0 aliphatic carbocycles. The fourth-order valence-electron chi connectivity index (χ4n) is 3.11. The molecule has 1 aliphatic heterocycles. The molecule has 3 aromatic rings. The van der Waals surface area contributed by atoms with E-state index in [-0.39, 0.29) is 12.5 Å². The monoisotopic (exact) mass is 368 g/mol. The van der Waals surface area contributed by atoms with Crippen LogP contribution in [0.4, 0.5) is 10.9 Å². The van der Waals surface area contributed by atoms with Crippen molar-refractivity contribution in [2.45, 2.75) is 19.3 Å². The molecule has 0 radical (unpaired) electrons. The standard InChI is InChI=1S/C19H20N4O2S/c24-17(22-19-20-9-12-26-19)13-25-15-6-4-5-14-7-8-16(21-18(14)15)23-10-2-1-3-11-23/h4-9,12H,1-3,10-11,13H2,(H,20,22,24). The van der Waals surface area contributed by atoms with Crippen LogP contribution in [0.5, 0.6) is 5.75 Å². The van der Waals surface area contributed by atoms with Crippen molar-refractivity contribution in [3.8, 4) is 5.75 Å². The molecule has 7 heteroatoms. The summed E-state index contributed by atoms with van der Waals surface area (Å²) in [5.74, 6) is 1.36. The third-order valence-corrected chi connectivity index (χ3v) is 5.07. The third kappa shape index (κ3) is 3.77. The number of carbonyl (C=O) groups is 1. The van der Waals surface area contributed by atoms with Crippen molar-refractivity contribution in [1.29, 1.82) is 0 Å². The van der Waals surface area contributed by atoms with E-state index in [2.05, 4.69) is 27.3 Å². The second-order valence-corrected chi connectivity index (χ2v) is 7.11. The molecule has 0 unspecified atom stereocenters. The summed E-state index contributed by atoms with van der Waals surface area (Å²) in [7, 11) is 0. The first kappa shape index (κ1) is 16.8. The second-order valence-electron chi connectivity index (χ2n) is 6.22. The molecule has 26 heavy (non-hydrogen) atoms. The van der Waals surface area contributed by atoms with Gasteiger partial charge in [0.05, 0.1) is 0 Å². The normalized spacial score (nSPS) is 14.4. The van der Waals surface area contributed by atoms with Crippen molar-refractivity contribution < 1.29 is 9.53 Å². The van der Waals surface area contributed by atoms with Gasteiger partial charge in [0, 0.05) is 30.1 Å². The number of hydrogen-bond donors (Lipinski definition) is 1. The van der Waals surface area contributed by atoms with Crippen molar-refractivity contribution >= 4 is 39.1 Å². The van der Waals surface area contributed by atoms with Gasteiger partial charge in [-0.3, -0.25) is 10.1 Å². The minimum atomic E-state index is -0.232. The number of anilines is 2. The second kappa shape index (κ2) is 7.70. The summed E-state index contributed by atoms with van der Waals surface area (Å²) in [4.78, 5) is 23.2. The van der Waals surface area contributed by atoms with Crippen LogP contribution in [0.3, 0.4) is 0 Å². The zero-order valence-electron chi connectivity index (χ0n) is 14.4. The molecule has 3 heterocycles. The average molecular weight is 368 g/mol. The van der Waals surface area contributed by atoms with E-state index in [4.69, 9.17) is 9.72 Å². The minimum Gasteiger partial charge on any atom is -0.481 e. The predicted octanol–water partition coefficient (Wildman–Crippen LogP) is 3.70. The molecule has 0 saturated carbocycles. The van der Waals surface area contributed by atoms with Crippen LogP contribution >= 0.6 is 11.3 Å². The molecule has 2 aromatic heterocycles. The number of ether oxygens (including phenoxy) is 1. The molecular formula is C19H20N4O2S. The van der Waals surface area contributed by atoms with E-state index in [1.165, 1.54) is 30.6 Å². The molecule has 1 amide bonds. The highest BCUT2D eigenvalue weighted by atomic mass is 32.1. The summed E-state index contributed by atoms with van der Waals surface area (Å²) in [5, 5.41) is 6.11. The van der Waals surface area contributed by atoms with Crippen LogP contribution in [0, 0.1) is 0 Å². The zero-order valence-corrected chi connectivity index (χ0v) is 15.2. The fourth-order valence-corrected chi connectivity index (χ4v) is 3.65. The molecule has 0 bridgehead atoms. The maximum atomic E-state index is 12.0. The number of hydrogen-bond acceptors (Lipinski definition) is 6. The molecule has 1 aliphatic rings. The Morgan fingerprint density at radius 1 is 1.19 bits per heavy atom. The van der Waals surface area contributed by atoms with Gasteiger partial charge in [-0.2, -0.15) is 0 Å². The molecule has 1 fully saturated rings. The summed E-state index contributed by atoms with van der Waals surface area (Å²) in [6.45, 7) is 2.00. The Hall–Kier alpha value is -2.67. The highest BCUT2D eigenvalue weighted by Gasteiger charge is 2.14. The van der Waals surface area contributed by atoms with Crippen molar-refractivity contribution in [3.05, 3.63) is 41.9 Å². The molecule has 4 rings (SSSR count). The molecular weight excluding hydrogens is 348 g/mol. The van der Waals surface area contributed by atoms with Crippen LogP contribution in [-0.2, 0) is 4.79 Å². The maximum absolute atomic E-state index is 12.0. The maximum Gasteiger partial charge on any atom is 0.264 e. The number of para-hydroxylation sites is 1. The van der Waals surface area contributed by atoms with E-state index in [0.717, 1.165) is 29.8 Å². The molecule has 1 saturated heterocycles. The van der Waals surface area contributed by atoms with Crippen LogP contribution in [0.1, 0.15) is 19.3 Å². The first-order valence-electron chi connectivity index (χ1n) is 8.76. The summed E-state index contributed by atoms with van der Waals surface area (Å²) >= 11 is 1.38. The number of benzene rings is 1. The Bertz CT molecular complexity index is 892. The smallest absolute Gasteiger partial charge is 0.264 e. The van der Waals surface area contributed by atoms with Crippen molar-refractivity contribution in [3.63, 3.8) is 0 Å². The Morgan fingerprint density at radius 3 is 2.88 bits per heavy atom. The zero-order chi connectivity index (χ0) is 17.8. The number of nitrogens with one attached hydrogen (secondary N) is 1. The van der Waals surface area contributed by atoms with Gasteiger partial charge in [-0.25, -0.2) is 9.97 Å². The lowest BCUT2D eigenvalue weighted by molar-refractivity contribution is -0.118. The topological polar surface area (TPSA) is 67.3 Å². The van der Waals surface area contributed by atoms with Gasteiger partial charge in [-0.05, 0) is 37.5 Å². The van der Waals surface area contributed by atoms with Crippen LogP contribution < -0.4 is 15.0 Å². The van der Waals surface area contributed by atoms with Crippen molar-refractivity contribution in [2.24, 2.45) is 0 Å². The van der Waals surface area contributed by atoms with Crippen LogP contribution in [0.2, 0.25) is 0 Å². The molecule has 0 spiro atoms. The van der Waals surface area contributed by atoms with Gasteiger partial charge in [0.2, 0.25) is 0 Å². The Morgan fingerprint density at radius 2 is 2.08 bits per heavy atom. The number of carbonyl (C=O) groups excluding carboxylic acids is 1. The van der Waals surface area contributed by atoms with E-state index in [9.17, 15) is 4.79 Å². The summed E-state index contributed by atoms with van der Waals surface area (Å²) in [5.41, 5.74) is 0.789. The van der Waals surface area contributed by atoms with Gasteiger partial charge in [0.1, 0.15) is 17.1 Å². The Kier molecular flexibility index (Phi) is 4.97. The van der Waals surface area contributed by atoms with E-state index in [0.29, 0.717) is 10.9 Å². The van der Waals surface area contributed by atoms with Gasteiger partial charge < -0.3 is 9.64 Å². The van der Waals surface area contributed by atoms with Gasteiger partial charge in [0.15, 0.2) is 11.7 Å². The van der Waals surface area contributed by atoms with E-state index >= 15 is 0 Å². The number of fused-ring (bicyclic) bond motifs is 1. The Labute approximate surface area is 155 Å². The number of pyridine rings is 1. The lowest BCUT2D eigenvalue weighted by Gasteiger charge is -2.28. The SMILES string of the molecule is O=C(COc1cccc2ccc(N3CCCCC3)nc12)Nc1nccs1. The number of amides is 1. The first-order valence-corrected chi connectivity index (χ1v) is 9.64. The number of aromatic nitrogens is 2. The number of nitrogens with zero attached hydrogens (tertiary/aromatic N) is 3. The Balaban J connectivity index is 1.51. The lowest BCUT2D eigenvalue weighted by Crippen LogP contribution is -2.30. The largest absolute Gasteiger partial charge is 0.481 e. The number of piperidine rings is 1. The molecule has 1 N–H and O–H groups in total. The van der Waals surface area contributed by atoms with Gasteiger partial charge >= 0.3 is 0 Å². The minimum absolute atomic E-state index is 0.0751. The van der Waals surface area contributed by atoms with Crippen molar-refractivity contribution in [1.82, 2.24) is 9.97 Å². The molecule has 0 atom stereocenters. The number of rotatable bonds is 5. The highest BCUT2D eigenvalue weighted by molar-refractivity contribution is 7.13. The van der Waals surface area contributed by atoms with Crippen LogP contribution in [0.15, 0.2) is 41.9 Å². The van der Waals surface area contributed by atoms with Crippen LogP contribution in [-0.4, -0.2) is 35.6 Å². The predicted molar refractivity (Wildman–Crippen MR) is 104 cm³/mol. The quantitative estimate of drug-likeness (QED) is 0.744. The van der Waals surface area contributed by atoms with Crippen molar-refractivity contribution in [2.75, 3.05) is 29.9 Å². The fraction of sp³-hybridized carbons (Fsp3) is 0.316. The first-order chi connectivity index (χ1) is 12.8. The van der Waals surface area contributed by atoms with E-state index < -0.39 is 0 Å². The van der Waals surface area contributed by atoms with Gasteiger partial charge in [-0.15, -0.1) is 11.3 Å². The third-order valence-electron chi connectivity index (χ3n) is 4.39. The van der Waals surface area contributed by atoms with E-state index in [1.807, 2.05) is 23.6 Å². The summed E-state index contributed by atoms with van der Waals surface area (Å²) in [6.07, 6.45) is 5.34. The average Bonchev–Trinajstić information content (AvgIpc) is 3.19. The summed E-state index contributed by atoms with van der Waals surface area (Å²) < 4.78 is 5.76.